The molecule has 2 N–H and O–H groups in total. The summed E-state index contributed by atoms with van der Waals surface area (Å²) in [4.78, 5) is 0. The van der Waals surface area contributed by atoms with Gasteiger partial charge in [0.05, 0.1) is 0 Å². The molecule has 0 fully saturated rings. The van der Waals surface area contributed by atoms with E-state index in [2.05, 4.69) is 60.9 Å². The standard InChI is InChI=1S/C16H18N2/c1-11(2)18-15-6-4-3-5-13(15)14-9-12(10-17)7-8-16(14)18/h3-9,11H,10,17H2,1-2H3. The molecule has 3 aromatic rings. The van der Waals surface area contributed by atoms with Gasteiger partial charge in [0.25, 0.3) is 0 Å². The van der Waals surface area contributed by atoms with E-state index in [0.717, 1.165) is 0 Å². The van der Waals surface area contributed by atoms with Crippen LogP contribution in [0, 0.1) is 0 Å². The number of rotatable bonds is 2. The van der Waals surface area contributed by atoms with Gasteiger partial charge in [-0.2, -0.15) is 0 Å². The summed E-state index contributed by atoms with van der Waals surface area (Å²) in [5.41, 5.74) is 9.53. The molecule has 3 rings (SSSR count). The molecule has 2 nitrogen and oxygen atoms in total. The molecule has 1 heterocycles. The van der Waals surface area contributed by atoms with Gasteiger partial charge in [-0.25, -0.2) is 0 Å². The molecule has 2 aromatic carbocycles. The highest BCUT2D eigenvalue weighted by molar-refractivity contribution is 6.08. The van der Waals surface area contributed by atoms with E-state index in [4.69, 9.17) is 5.73 Å². The minimum atomic E-state index is 0.455. The van der Waals surface area contributed by atoms with Crippen molar-refractivity contribution in [2.45, 2.75) is 26.4 Å². The van der Waals surface area contributed by atoms with Crippen molar-refractivity contribution in [2.75, 3.05) is 0 Å². The fourth-order valence-electron chi connectivity index (χ4n) is 2.73. The molecular weight excluding hydrogens is 220 g/mol. The lowest BCUT2D eigenvalue weighted by Gasteiger charge is -2.11. The number of benzene rings is 2. The van der Waals surface area contributed by atoms with Crippen molar-refractivity contribution >= 4 is 21.8 Å². The van der Waals surface area contributed by atoms with Crippen LogP contribution in [0.5, 0.6) is 0 Å². The van der Waals surface area contributed by atoms with Gasteiger partial charge >= 0.3 is 0 Å². The van der Waals surface area contributed by atoms with Crippen LogP contribution < -0.4 is 5.73 Å². The maximum absolute atomic E-state index is 5.74. The zero-order valence-electron chi connectivity index (χ0n) is 10.9. The van der Waals surface area contributed by atoms with Crippen LogP contribution in [0.1, 0.15) is 25.5 Å². The lowest BCUT2D eigenvalue weighted by molar-refractivity contribution is 0.642. The Morgan fingerprint density at radius 3 is 2.44 bits per heavy atom. The first kappa shape index (κ1) is 11.3. The Morgan fingerprint density at radius 2 is 1.72 bits per heavy atom. The quantitative estimate of drug-likeness (QED) is 0.722. The molecule has 0 aliphatic rings. The van der Waals surface area contributed by atoms with Crippen molar-refractivity contribution in [3.05, 3.63) is 48.0 Å². The van der Waals surface area contributed by atoms with E-state index in [1.54, 1.807) is 0 Å². The van der Waals surface area contributed by atoms with Crippen molar-refractivity contribution < 1.29 is 0 Å². The molecule has 0 bridgehead atoms. The van der Waals surface area contributed by atoms with Gasteiger partial charge in [-0.3, -0.25) is 0 Å². The number of aromatic nitrogens is 1. The third-order valence-electron chi connectivity index (χ3n) is 3.53. The largest absolute Gasteiger partial charge is 0.338 e. The molecule has 0 atom stereocenters. The third-order valence-corrected chi connectivity index (χ3v) is 3.53. The van der Waals surface area contributed by atoms with Crippen LogP contribution in [0.2, 0.25) is 0 Å². The average molecular weight is 238 g/mol. The number of nitrogens with zero attached hydrogens (tertiary/aromatic N) is 1. The molecule has 1 aromatic heterocycles. The summed E-state index contributed by atoms with van der Waals surface area (Å²) < 4.78 is 2.39. The summed E-state index contributed by atoms with van der Waals surface area (Å²) in [7, 11) is 0. The minimum Gasteiger partial charge on any atom is -0.338 e. The van der Waals surface area contributed by atoms with E-state index in [0.29, 0.717) is 12.6 Å². The van der Waals surface area contributed by atoms with Gasteiger partial charge in [0.1, 0.15) is 0 Å². The topological polar surface area (TPSA) is 30.9 Å². The molecule has 2 heteroatoms. The molecule has 0 unspecified atom stereocenters. The zero-order valence-corrected chi connectivity index (χ0v) is 10.9. The molecular formula is C16H18N2. The maximum Gasteiger partial charge on any atom is 0.0494 e. The fourth-order valence-corrected chi connectivity index (χ4v) is 2.73. The first-order chi connectivity index (χ1) is 8.72. The van der Waals surface area contributed by atoms with E-state index in [1.807, 2.05) is 0 Å². The van der Waals surface area contributed by atoms with Crippen LogP contribution in [0.15, 0.2) is 42.5 Å². The van der Waals surface area contributed by atoms with Crippen molar-refractivity contribution in [2.24, 2.45) is 5.73 Å². The van der Waals surface area contributed by atoms with Crippen LogP contribution >= 0.6 is 0 Å². The summed E-state index contributed by atoms with van der Waals surface area (Å²) in [5, 5.41) is 2.62. The van der Waals surface area contributed by atoms with Crippen LogP contribution in [-0.4, -0.2) is 4.57 Å². The molecule has 0 aliphatic heterocycles. The first-order valence-electron chi connectivity index (χ1n) is 6.44. The summed E-state index contributed by atoms with van der Waals surface area (Å²) >= 11 is 0. The van der Waals surface area contributed by atoms with E-state index in [-0.39, 0.29) is 0 Å². The van der Waals surface area contributed by atoms with Gasteiger partial charge in [0.15, 0.2) is 0 Å². The average Bonchev–Trinajstić information content (AvgIpc) is 2.72. The second kappa shape index (κ2) is 4.14. The van der Waals surface area contributed by atoms with Crippen molar-refractivity contribution in [3.8, 4) is 0 Å². The summed E-state index contributed by atoms with van der Waals surface area (Å²) in [6.07, 6.45) is 0. The maximum atomic E-state index is 5.74. The second-order valence-corrected chi connectivity index (χ2v) is 5.04. The highest BCUT2D eigenvalue weighted by atomic mass is 15.0. The monoisotopic (exact) mass is 238 g/mol. The summed E-state index contributed by atoms with van der Waals surface area (Å²) in [6.45, 7) is 5.04. The number of nitrogens with two attached hydrogens (primary N) is 1. The van der Waals surface area contributed by atoms with Crippen LogP contribution in [-0.2, 0) is 6.54 Å². The number of hydrogen-bond acceptors (Lipinski definition) is 1. The fraction of sp³-hybridized carbons (Fsp3) is 0.250. The van der Waals surface area contributed by atoms with Gasteiger partial charge < -0.3 is 10.3 Å². The SMILES string of the molecule is CC(C)n1c2ccccc2c2cc(CN)ccc21. The number of fused-ring (bicyclic) bond motifs is 3. The molecule has 0 saturated carbocycles. The summed E-state index contributed by atoms with van der Waals surface area (Å²) in [6, 6.07) is 15.6. The molecule has 0 saturated heterocycles. The molecule has 92 valence electrons. The molecule has 0 radical (unpaired) electrons. The predicted octanol–water partition coefficient (Wildman–Crippen LogP) is 3.83. The Balaban J connectivity index is 2.49. The Morgan fingerprint density at radius 1 is 1.00 bits per heavy atom. The van der Waals surface area contributed by atoms with Gasteiger partial charge in [0.2, 0.25) is 0 Å². The Bertz CT molecular complexity index is 708. The molecule has 18 heavy (non-hydrogen) atoms. The van der Waals surface area contributed by atoms with Gasteiger partial charge in [-0.15, -0.1) is 0 Å². The molecule has 0 aliphatic carbocycles. The lowest BCUT2D eigenvalue weighted by Crippen LogP contribution is -2.00. The van der Waals surface area contributed by atoms with E-state index < -0.39 is 0 Å². The number of hydrogen-bond donors (Lipinski definition) is 1. The molecule has 0 amide bonds. The van der Waals surface area contributed by atoms with Gasteiger partial charge in [0, 0.05) is 34.4 Å². The Kier molecular flexibility index (Phi) is 2.60. The minimum absolute atomic E-state index is 0.455. The van der Waals surface area contributed by atoms with Crippen LogP contribution in [0.3, 0.4) is 0 Å². The molecule has 0 spiro atoms. The first-order valence-corrected chi connectivity index (χ1v) is 6.44. The Labute approximate surface area is 107 Å². The zero-order chi connectivity index (χ0) is 12.7. The van der Waals surface area contributed by atoms with E-state index in [1.165, 1.54) is 27.4 Å². The third kappa shape index (κ3) is 1.53. The number of para-hydroxylation sites is 1. The normalized spacial score (nSPS) is 11.8. The van der Waals surface area contributed by atoms with Crippen LogP contribution in [0.25, 0.3) is 21.8 Å². The van der Waals surface area contributed by atoms with Gasteiger partial charge in [-0.1, -0.05) is 24.3 Å². The van der Waals surface area contributed by atoms with Crippen molar-refractivity contribution in [3.63, 3.8) is 0 Å². The van der Waals surface area contributed by atoms with Crippen LogP contribution in [0.4, 0.5) is 0 Å². The summed E-state index contributed by atoms with van der Waals surface area (Å²) in [5.74, 6) is 0. The van der Waals surface area contributed by atoms with Gasteiger partial charge in [-0.05, 0) is 37.6 Å². The van der Waals surface area contributed by atoms with Crippen molar-refractivity contribution in [1.29, 1.82) is 0 Å². The van der Waals surface area contributed by atoms with E-state index >= 15 is 0 Å². The van der Waals surface area contributed by atoms with E-state index in [9.17, 15) is 0 Å². The predicted molar refractivity (Wildman–Crippen MR) is 77.7 cm³/mol. The highest BCUT2D eigenvalue weighted by Gasteiger charge is 2.12. The Hall–Kier alpha value is -1.80. The lowest BCUT2D eigenvalue weighted by atomic mass is 10.1. The van der Waals surface area contributed by atoms with Crippen molar-refractivity contribution in [1.82, 2.24) is 4.57 Å². The smallest absolute Gasteiger partial charge is 0.0494 e. The highest BCUT2D eigenvalue weighted by Crippen LogP contribution is 2.32. The second-order valence-electron chi connectivity index (χ2n) is 5.04.